The molecule has 1 aromatic carbocycles. The van der Waals surface area contributed by atoms with Crippen molar-refractivity contribution in [3.8, 4) is 0 Å². The van der Waals surface area contributed by atoms with Gasteiger partial charge < -0.3 is 10.6 Å². The molecule has 2 N–H and O–H groups in total. The van der Waals surface area contributed by atoms with Crippen molar-refractivity contribution >= 4 is 5.69 Å². The number of rotatable bonds is 3. The smallest absolute Gasteiger partial charge is 0.128 e. The van der Waals surface area contributed by atoms with E-state index in [9.17, 15) is 4.39 Å². The molecule has 0 radical (unpaired) electrons. The van der Waals surface area contributed by atoms with Crippen molar-refractivity contribution in [1.29, 1.82) is 0 Å². The molecule has 1 heterocycles. The summed E-state index contributed by atoms with van der Waals surface area (Å²) in [6.07, 6.45) is 2.40. The third kappa shape index (κ3) is 2.05. The van der Waals surface area contributed by atoms with E-state index in [1.165, 1.54) is 18.9 Å². The van der Waals surface area contributed by atoms with E-state index in [1.54, 1.807) is 6.07 Å². The molecule has 16 heavy (non-hydrogen) atoms. The maximum absolute atomic E-state index is 13.9. The molecule has 1 unspecified atom stereocenters. The Labute approximate surface area is 96.2 Å². The predicted molar refractivity (Wildman–Crippen MR) is 65.3 cm³/mol. The third-order valence-corrected chi connectivity index (χ3v) is 3.32. The first-order valence-corrected chi connectivity index (χ1v) is 5.97. The fraction of sp³-hybridized carbons (Fsp3) is 0.538. The van der Waals surface area contributed by atoms with E-state index in [0.29, 0.717) is 6.54 Å². The first-order valence-electron chi connectivity index (χ1n) is 5.97. The van der Waals surface area contributed by atoms with Gasteiger partial charge in [-0.1, -0.05) is 13.0 Å². The molecule has 0 spiro atoms. The Morgan fingerprint density at radius 3 is 2.69 bits per heavy atom. The highest BCUT2D eigenvalue weighted by Crippen LogP contribution is 2.31. The summed E-state index contributed by atoms with van der Waals surface area (Å²) in [4.78, 5) is 2.27. The maximum Gasteiger partial charge on any atom is 0.128 e. The highest BCUT2D eigenvalue weighted by atomic mass is 19.1. The van der Waals surface area contributed by atoms with Gasteiger partial charge in [0, 0.05) is 24.3 Å². The average molecular weight is 222 g/mol. The summed E-state index contributed by atoms with van der Waals surface area (Å²) < 4.78 is 13.9. The van der Waals surface area contributed by atoms with Crippen LogP contribution in [0, 0.1) is 5.82 Å². The van der Waals surface area contributed by atoms with Gasteiger partial charge in [-0.15, -0.1) is 0 Å². The molecule has 1 aromatic rings. The summed E-state index contributed by atoms with van der Waals surface area (Å²) in [7, 11) is 0. The van der Waals surface area contributed by atoms with Gasteiger partial charge in [-0.3, -0.25) is 0 Å². The van der Waals surface area contributed by atoms with Crippen LogP contribution in [0.2, 0.25) is 0 Å². The van der Waals surface area contributed by atoms with Crippen LogP contribution < -0.4 is 10.6 Å². The van der Waals surface area contributed by atoms with Crippen LogP contribution in [0.5, 0.6) is 0 Å². The van der Waals surface area contributed by atoms with Crippen LogP contribution in [-0.4, -0.2) is 19.6 Å². The maximum atomic E-state index is 13.9. The summed E-state index contributed by atoms with van der Waals surface area (Å²) in [5, 5.41) is 0. The van der Waals surface area contributed by atoms with Crippen LogP contribution in [0.3, 0.4) is 0 Å². The SMILES string of the molecule is CC(CN)c1c(F)cccc1N1CCCC1. The highest BCUT2D eigenvalue weighted by Gasteiger charge is 2.20. The van der Waals surface area contributed by atoms with Crippen LogP contribution in [0.15, 0.2) is 18.2 Å². The van der Waals surface area contributed by atoms with Crippen LogP contribution in [0.4, 0.5) is 10.1 Å². The highest BCUT2D eigenvalue weighted by molar-refractivity contribution is 5.56. The quantitative estimate of drug-likeness (QED) is 0.851. The lowest BCUT2D eigenvalue weighted by Crippen LogP contribution is -2.22. The Morgan fingerprint density at radius 2 is 2.06 bits per heavy atom. The van der Waals surface area contributed by atoms with Crippen molar-refractivity contribution < 1.29 is 4.39 Å². The van der Waals surface area contributed by atoms with Crippen molar-refractivity contribution in [2.45, 2.75) is 25.7 Å². The molecular formula is C13H19FN2. The molecule has 1 fully saturated rings. The second-order valence-electron chi connectivity index (χ2n) is 4.50. The van der Waals surface area contributed by atoms with Crippen molar-refractivity contribution in [2.75, 3.05) is 24.5 Å². The van der Waals surface area contributed by atoms with E-state index in [-0.39, 0.29) is 11.7 Å². The first-order chi connectivity index (χ1) is 7.74. The van der Waals surface area contributed by atoms with Gasteiger partial charge in [-0.05, 0) is 37.4 Å². The number of nitrogens with two attached hydrogens (primary N) is 1. The van der Waals surface area contributed by atoms with Crippen LogP contribution in [0.25, 0.3) is 0 Å². The van der Waals surface area contributed by atoms with Crippen LogP contribution >= 0.6 is 0 Å². The van der Waals surface area contributed by atoms with E-state index in [2.05, 4.69) is 4.90 Å². The van der Waals surface area contributed by atoms with Gasteiger partial charge in [-0.2, -0.15) is 0 Å². The minimum atomic E-state index is -0.123. The molecule has 88 valence electrons. The Bertz CT molecular complexity index is 359. The number of benzene rings is 1. The molecule has 0 saturated carbocycles. The topological polar surface area (TPSA) is 29.3 Å². The van der Waals surface area contributed by atoms with Gasteiger partial charge in [-0.25, -0.2) is 4.39 Å². The van der Waals surface area contributed by atoms with Crippen molar-refractivity contribution in [3.63, 3.8) is 0 Å². The van der Waals surface area contributed by atoms with Gasteiger partial charge in [0.15, 0.2) is 0 Å². The molecule has 2 nitrogen and oxygen atoms in total. The van der Waals surface area contributed by atoms with Crippen LogP contribution in [-0.2, 0) is 0 Å². The zero-order valence-corrected chi connectivity index (χ0v) is 9.75. The van der Waals surface area contributed by atoms with Gasteiger partial charge in [0.2, 0.25) is 0 Å². The zero-order chi connectivity index (χ0) is 11.5. The van der Waals surface area contributed by atoms with E-state index in [4.69, 9.17) is 5.73 Å². The molecule has 2 rings (SSSR count). The van der Waals surface area contributed by atoms with Gasteiger partial charge in [0.05, 0.1) is 0 Å². The summed E-state index contributed by atoms with van der Waals surface area (Å²) in [6, 6.07) is 5.33. The minimum absolute atomic E-state index is 0.0804. The van der Waals surface area contributed by atoms with Crippen molar-refractivity contribution in [2.24, 2.45) is 5.73 Å². The average Bonchev–Trinajstić information content (AvgIpc) is 2.81. The minimum Gasteiger partial charge on any atom is -0.371 e. The van der Waals surface area contributed by atoms with Gasteiger partial charge in [0.25, 0.3) is 0 Å². The van der Waals surface area contributed by atoms with Crippen molar-refractivity contribution in [3.05, 3.63) is 29.6 Å². The summed E-state index contributed by atoms with van der Waals surface area (Å²) in [5.41, 5.74) is 7.48. The Balaban J connectivity index is 2.38. The molecule has 1 atom stereocenters. The number of anilines is 1. The van der Waals surface area contributed by atoms with Crippen molar-refractivity contribution in [1.82, 2.24) is 0 Å². The molecule has 0 bridgehead atoms. The Morgan fingerprint density at radius 1 is 1.38 bits per heavy atom. The normalized spacial score (nSPS) is 17.8. The molecule has 0 aromatic heterocycles. The monoisotopic (exact) mass is 222 g/mol. The fourth-order valence-electron chi connectivity index (χ4n) is 2.37. The summed E-state index contributed by atoms with van der Waals surface area (Å²) in [5.74, 6) is -0.0425. The second-order valence-corrected chi connectivity index (χ2v) is 4.50. The molecular weight excluding hydrogens is 203 g/mol. The molecule has 0 amide bonds. The molecule has 1 aliphatic rings. The lowest BCUT2D eigenvalue weighted by Gasteiger charge is -2.24. The van der Waals surface area contributed by atoms with Gasteiger partial charge >= 0.3 is 0 Å². The molecule has 1 saturated heterocycles. The second kappa shape index (κ2) is 4.83. The summed E-state index contributed by atoms with van der Waals surface area (Å²) in [6.45, 7) is 4.54. The molecule has 3 heteroatoms. The van der Waals surface area contributed by atoms with E-state index < -0.39 is 0 Å². The molecule has 0 aliphatic carbocycles. The van der Waals surface area contributed by atoms with E-state index in [0.717, 1.165) is 24.3 Å². The van der Waals surface area contributed by atoms with Gasteiger partial charge in [0.1, 0.15) is 5.82 Å². The van der Waals surface area contributed by atoms with Crippen LogP contribution in [0.1, 0.15) is 31.2 Å². The lowest BCUT2D eigenvalue weighted by atomic mass is 9.98. The number of hydrogen-bond acceptors (Lipinski definition) is 2. The van der Waals surface area contributed by atoms with E-state index >= 15 is 0 Å². The predicted octanol–water partition coefficient (Wildman–Crippen LogP) is 2.49. The zero-order valence-electron chi connectivity index (χ0n) is 9.75. The molecule has 1 aliphatic heterocycles. The standard InChI is InChI=1S/C13H19FN2/c1-10(9-15)13-11(14)5-4-6-12(13)16-7-2-3-8-16/h4-6,10H,2-3,7-9,15H2,1H3. The number of halogens is 1. The first kappa shape index (κ1) is 11.4. The number of nitrogens with zero attached hydrogens (tertiary/aromatic N) is 1. The number of hydrogen-bond donors (Lipinski definition) is 1. The summed E-state index contributed by atoms with van der Waals surface area (Å²) >= 11 is 0. The Hall–Kier alpha value is -1.09. The fourth-order valence-corrected chi connectivity index (χ4v) is 2.37. The Kier molecular flexibility index (Phi) is 3.44. The lowest BCUT2D eigenvalue weighted by molar-refractivity contribution is 0.589. The van der Waals surface area contributed by atoms with E-state index in [1.807, 2.05) is 13.0 Å². The largest absolute Gasteiger partial charge is 0.371 e. The third-order valence-electron chi connectivity index (χ3n) is 3.32.